The molecule has 0 amide bonds. The number of ether oxygens (including phenoxy) is 1. The zero-order valence-corrected chi connectivity index (χ0v) is 20.6. The van der Waals surface area contributed by atoms with Gasteiger partial charge in [0, 0.05) is 18.7 Å². The van der Waals surface area contributed by atoms with Crippen LogP contribution in [-0.4, -0.2) is 41.3 Å². The Labute approximate surface area is 201 Å². The number of methoxy groups -OCH3 is 1. The number of nitrogens with zero attached hydrogens (tertiary/aromatic N) is 3. The molecule has 3 N–H and O–H groups in total. The maximum Gasteiger partial charge on any atom is 0.191 e. The van der Waals surface area contributed by atoms with E-state index in [0.717, 1.165) is 48.2 Å². The molecule has 3 aromatic rings. The van der Waals surface area contributed by atoms with Gasteiger partial charge in [-0.15, -0.1) is 24.0 Å². The van der Waals surface area contributed by atoms with E-state index in [2.05, 4.69) is 63.9 Å². The number of nitrogens with one attached hydrogen (secondary N) is 3. The van der Waals surface area contributed by atoms with Gasteiger partial charge in [0.2, 0.25) is 0 Å². The van der Waals surface area contributed by atoms with Crippen LogP contribution in [0.25, 0.3) is 11.4 Å². The first-order valence-electron chi connectivity index (χ1n) is 10.3. The number of aliphatic imine (C=N–C) groups is 1. The molecule has 0 radical (unpaired) electrons. The zero-order valence-electron chi connectivity index (χ0n) is 18.3. The Balaban J connectivity index is 0.00000341. The van der Waals surface area contributed by atoms with Crippen molar-refractivity contribution in [3.8, 4) is 17.1 Å². The highest BCUT2D eigenvalue weighted by Crippen LogP contribution is 2.21. The molecule has 0 saturated heterocycles. The maximum absolute atomic E-state index is 5.24. The van der Waals surface area contributed by atoms with E-state index in [9.17, 15) is 0 Å². The normalized spacial score (nSPS) is 12.0. The van der Waals surface area contributed by atoms with Crippen molar-refractivity contribution in [2.24, 2.45) is 4.99 Å². The smallest absolute Gasteiger partial charge is 0.191 e. The molecule has 31 heavy (non-hydrogen) atoms. The highest BCUT2D eigenvalue weighted by molar-refractivity contribution is 14.0. The number of aromatic nitrogens is 3. The van der Waals surface area contributed by atoms with Gasteiger partial charge in [0.15, 0.2) is 11.8 Å². The van der Waals surface area contributed by atoms with Crippen molar-refractivity contribution < 1.29 is 4.74 Å². The minimum absolute atomic E-state index is 0. The van der Waals surface area contributed by atoms with Gasteiger partial charge in [-0.3, -0.25) is 5.10 Å². The Hall–Kier alpha value is -2.62. The monoisotopic (exact) mass is 534 g/mol. The van der Waals surface area contributed by atoms with Gasteiger partial charge in [-0.1, -0.05) is 37.3 Å². The van der Waals surface area contributed by atoms with Gasteiger partial charge < -0.3 is 15.4 Å². The van der Waals surface area contributed by atoms with E-state index in [4.69, 9.17) is 9.73 Å². The van der Waals surface area contributed by atoms with E-state index in [0.29, 0.717) is 12.5 Å². The van der Waals surface area contributed by atoms with Crippen LogP contribution in [0.1, 0.15) is 37.3 Å². The Morgan fingerprint density at radius 3 is 2.65 bits per heavy atom. The van der Waals surface area contributed by atoms with Gasteiger partial charge in [-0.05, 0) is 48.6 Å². The molecule has 0 saturated carbocycles. The molecule has 1 aromatic heterocycles. The predicted octanol–water partition coefficient (Wildman–Crippen LogP) is 4.35. The summed E-state index contributed by atoms with van der Waals surface area (Å²) in [5.74, 6) is 2.92. The fourth-order valence-electron chi connectivity index (χ4n) is 3.18. The average molecular weight is 534 g/mol. The zero-order chi connectivity index (χ0) is 21.2. The fraction of sp³-hybridized carbons (Fsp3) is 0.348. The van der Waals surface area contributed by atoms with Gasteiger partial charge in [-0.2, -0.15) is 5.10 Å². The minimum Gasteiger partial charge on any atom is -0.497 e. The lowest BCUT2D eigenvalue weighted by molar-refractivity contribution is 0.414. The van der Waals surface area contributed by atoms with Crippen molar-refractivity contribution in [2.75, 3.05) is 20.2 Å². The summed E-state index contributed by atoms with van der Waals surface area (Å²) in [6.45, 7) is 6.56. The summed E-state index contributed by atoms with van der Waals surface area (Å²) in [6.07, 6.45) is 2.53. The van der Waals surface area contributed by atoms with E-state index < -0.39 is 0 Å². The quantitative estimate of drug-likeness (QED) is 0.216. The Bertz CT molecular complexity index is 928. The summed E-state index contributed by atoms with van der Waals surface area (Å²) in [7, 11) is 1.69. The topological polar surface area (TPSA) is 87.2 Å². The van der Waals surface area contributed by atoms with Crippen LogP contribution in [-0.2, 0) is 6.54 Å². The third-order valence-electron chi connectivity index (χ3n) is 4.93. The molecule has 0 aliphatic heterocycles. The van der Waals surface area contributed by atoms with E-state index in [1.807, 2.05) is 24.3 Å². The number of aromatic amines is 1. The van der Waals surface area contributed by atoms with Crippen molar-refractivity contribution in [3.05, 3.63) is 66.0 Å². The van der Waals surface area contributed by atoms with Crippen LogP contribution in [0.5, 0.6) is 5.75 Å². The van der Waals surface area contributed by atoms with Crippen molar-refractivity contribution in [1.29, 1.82) is 0 Å². The molecular formula is C23H31IN6O. The summed E-state index contributed by atoms with van der Waals surface area (Å²) < 4.78 is 5.24. The summed E-state index contributed by atoms with van der Waals surface area (Å²) in [5.41, 5.74) is 3.43. The van der Waals surface area contributed by atoms with Crippen molar-refractivity contribution in [3.63, 3.8) is 0 Å². The van der Waals surface area contributed by atoms with E-state index in [1.54, 1.807) is 7.11 Å². The van der Waals surface area contributed by atoms with Crippen molar-refractivity contribution in [1.82, 2.24) is 25.8 Å². The maximum atomic E-state index is 5.24. The number of H-pyrrole nitrogens is 1. The van der Waals surface area contributed by atoms with Crippen molar-refractivity contribution in [2.45, 2.75) is 32.7 Å². The second-order valence-electron chi connectivity index (χ2n) is 7.12. The molecule has 0 aliphatic rings. The summed E-state index contributed by atoms with van der Waals surface area (Å²) in [4.78, 5) is 8.94. The molecule has 8 heteroatoms. The van der Waals surface area contributed by atoms with Crippen LogP contribution in [0.15, 0.2) is 59.9 Å². The van der Waals surface area contributed by atoms with Crippen LogP contribution >= 0.6 is 24.0 Å². The first-order valence-corrected chi connectivity index (χ1v) is 10.3. The molecule has 0 aliphatic carbocycles. The predicted molar refractivity (Wildman–Crippen MR) is 136 cm³/mol. The van der Waals surface area contributed by atoms with Gasteiger partial charge in [-0.25, -0.2) is 9.98 Å². The second-order valence-corrected chi connectivity index (χ2v) is 7.12. The third-order valence-corrected chi connectivity index (χ3v) is 4.93. The molecule has 0 spiro atoms. The number of halogens is 1. The summed E-state index contributed by atoms with van der Waals surface area (Å²) >= 11 is 0. The Morgan fingerprint density at radius 2 is 1.97 bits per heavy atom. The minimum atomic E-state index is 0. The van der Waals surface area contributed by atoms with Crippen LogP contribution in [0.3, 0.4) is 0 Å². The molecule has 166 valence electrons. The highest BCUT2D eigenvalue weighted by Gasteiger charge is 2.07. The molecule has 7 nitrogen and oxygen atoms in total. The standard InChI is InChI=1S/C23H30N6O.HI/c1-4-24-23(25-13-12-17(2)19-8-10-21(30-3)11-9-19)26-15-18-6-5-7-20(14-18)22-27-16-28-29-22;/h5-11,14,16-17H,4,12-13,15H2,1-3H3,(H2,24,25,26)(H,27,28,29);1H. The van der Waals surface area contributed by atoms with Crippen LogP contribution < -0.4 is 15.4 Å². The molecule has 1 unspecified atom stereocenters. The average Bonchev–Trinajstić information content (AvgIpc) is 3.33. The third kappa shape index (κ3) is 7.54. The highest BCUT2D eigenvalue weighted by atomic mass is 127. The van der Waals surface area contributed by atoms with E-state index >= 15 is 0 Å². The molecule has 0 bridgehead atoms. The number of guanidine groups is 1. The Kier molecular flexibility index (Phi) is 10.3. The molecule has 1 atom stereocenters. The van der Waals surface area contributed by atoms with Crippen LogP contribution in [0.4, 0.5) is 0 Å². The lowest BCUT2D eigenvalue weighted by atomic mass is 9.98. The molecule has 0 fully saturated rings. The second kappa shape index (κ2) is 12.9. The summed E-state index contributed by atoms with van der Waals surface area (Å²) in [5, 5.41) is 13.6. The van der Waals surface area contributed by atoms with Crippen molar-refractivity contribution >= 4 is 29.9 Å². The summed E-state index contributed by atoms with van der Waals surface area (Å²) in [6, 6.07) is 16.5. The number of rotatable bonds is 9. The lowest BCUT2D eigenvalue weighted by Gasteiger charge is -2.15. The largest absolute Gasteiger partial charge is 0.497 e. The molecule has 1 heterocycles. The van der Waals surface area contributed by atoms with E-state index in [-0.39, 0.29) is 24.0 Å². The van der Waals surface area contributed by atoms with Gasteiger partial charge in [0.05, 0.1) is 13.7 Å². The number of hydrogen-bond acceptors (Lipinski definition) is 4. The SMILES string of the molecule is CCNC(=NCc1cccc(-c2ncn[nH]2)c1)NCCC(C)c1ccc(OC)cc1.I. The van der Waals surface area contributed by atoms with E-state index in [1.165, 1.54) is 11.9 Å². The number of benzene rings is 2. The van der Waals surface area contributed by atoms with Crippen LogP contribution in [0.2, 0.25) is 0 Å². The first-order chi connectivity index (χ1) is 14.7. The molecule has 3 rings (SSSR count). The molecular weight excluding hydrogens is 503 g/mol. The molecule has 2 aromatic carbocycles. The van der Waals surface area contributed by atoms with Gasteiger partial charge in [0.25, 0.3) is 0 Å². The fourth-order valence-corrected chi connectivity index (χ4v) is 3.18. The number of hydrogen-bond donors (Lipinski definition) is 3. The first kappa shape index (κ1) is 24.6. The Morgan fingerprint density at radius 1 is 1.16 bits per heavy atom. The van der Waals surface area contributed by atoms with Gasteiger partial charge >= 0.3 is 0 Å². The lowest BCUT2D eigenvalue weighted by Crippen LogP contribution is -2.38. The van der Waals surface area contributed by atoms with Gasteiger partial charge in [0.1, 0.15) is 12.1 Å². The van der Waals surface area contributed by atoms with Crippen LogP contribution in [0, 0.1) is 0 Å².